The van der Waals surface area contributed by atoms with Gasteiger partial charge in [-0.05, 0) is 29.8 Å². The number of rotatable bonds is 6. The SMILES string of the molecule is CC(C)NCc1ccc(F)c(COc2ccccc2)c1. The summed E-state index contributed by atoms with van der Waals surface area (Å²) in [5.41, 5.74) is 1.64. The van der Waals surface area contributed by atoms with E-state index >= 15 is 0 Å². The van der Waals surface area contributed by atoms with Crippen LogP contribution in [0, 0.1) is 5.82 Å². The largest absolute Gasteiger partial charge is 0.489 e. The van der Waals surface area contributed by atoms with Crippen LogP contribution in [0.3, 0.4) is 0 Å². The van der Waals surface area contributed by atoms with Gasteiger partial charge in [-0.3, -0.25) is 0 Å². The fourth-order valence-electron chi connectivity index (χ4n) is 1.85. The van der Waals surface area contributed by atoms with E-state index in [9.17, 15) is 4.39 Å². The van der Waals surface area contributed by atoms with Gasteiger partial charge in [0, 0.05) is 18.2 Å². The Hall–Kier alpha value is -1.87. The maximum Gasteiger partial charge on any atom is 0.129 e. The monoisotopic (exact) mass is 273 g/mol. The van der Waals surface area contributed by atoms with Crippen LogP contribution in [0.2, 0.25) is 0 Å². The molecule has 0 saturated heterocycles. The van der Waals surface area contributed by atoms with E-state index in [1.165, 1.54) is 6.07 Å². The van der Waals surface area contributed by atoms with E-state index in [1.807, 2.05) is 36.4 Å². The van der Waals surface area contributed by atoms with E-state index in [2.05, 4.69) is 19.2 Å². The minimum absolute atomic E-state index is 0.228. The van der Waals surface area contributed by atoms with Crippen LogP contribution >= 0.6 is 0 Å². The van der Waals surface area contributed by atoms with E-state index in [4.69, 9.17) is 4.74 Å². The lowest BCUT2D eigenvalue weighted by Gasteiger charge is -2.11. The molecule has 2 aromatic rings. The summed E-state index contributed by atoms with van der Waals surface area (Å²) in [6, 6.07) is 15.0. The van der Waals surface area contributed by atoms with Crippen molar-refractivity contribution in [2.45, 2.75) is 33.0 Å². The van der Waals surface area contributed by atoms with Crippen molar-refractivity contribution < 1.29 is 9.13 Å². The van der Waals surface area contributed by atoms with Crippen LogP contribution in [0.5, 0.6) is 5.75 Å². The van der Waals surface area contributed by atoms with Gasteiger partial charge in [0.05, 0.1) is 0 Å². The molecule has 3 heteroatoms. The van der Waals surface area contributed by atoms with Crippen LogP contribution in [0.4, 0.5) is 4.39 Å². The first-order chi connectivity index (χ1) is 9.65. The molecule has 106 valence electrons. The number of hydrogen-bond donors (Lipinski definition) is 1. The van der Waals surface area contributed by atoms with Crippen LogP contribution < -0.4 is 10.1 Å². The Morgan fingerprint density at radius 2 is 1.85 bits per heavy atom. The molecule has 2 aromatic carbocycles. The number of nitrogens with one attached hydrogen (secondary N) is 1. The van der Waals surface area contributed by atoms with Gasteiger partial charge in [0.2, 0.25) is 0 Å². The molecule has 2 nitrogen and oxygen atoms in total. The predicted octanol–water partition coefficient (Wildman–Crippen LogP) is 3.90. The number of benzene rings is 2. The third kappa shape index (κ3) is 4.35. The molecular weight excluding hydrogens is 253 g/mol. The molecule has 1 N–H and O–H groups in total. The molecule has 0 unspecified atom stereocenters. The number of para-hydroxylation sites is 1. The Morgan fingerprint density at radius 3 is 2.55 bits per heavy atom. The lowest BCUT2D eigenvalue weighted by atomic mass is 10.1. The highest BCUT2D eigenvalue weighted by atomic mass is 19.1. The molecule has 0 atom stereocenters. The highest BCUT2D eigenvalue weighted by Crippen LogP contribution is 2.15. The number of halogens is 1. The molecule has 0 fully saturated rings. The summed E-state index contributed by atoms with van der Waals surface area (Å²) in [5.74, 6) is 0.520. The van der Waals surface area contributed by atoms with Crippen molar-refractivity contribution in [3.63, 3.8) is 0 Å². The first kappa shape index (κ1) is 14.5. The smallest absolute Gasteiger partial charge is 0.129 e. The van der Waals surface area contributed by atoms with Gasteiger partial charge in [-0.2, -0.15) is 0 Å². The Bertz CT molecular complexity index is 540. The van der Waals surface area contributed by atoms with E-state index in [0.717, 1.165) is 17.9 Å². The summed E-state index contributed by atoms with van der Waals surface area (Å²) < 4.78 is 19.4. The lowest BCUT2D eigenvalue weighted by Crippen LogP contribution is -2.21. The zero-order valence-electron chi connectivity index (χ0n) is 11.9. The van der Waals surface area contributed by atoms with Crippen LogP contribution in [0.1, 0.15) is 25.0 Å². The van der Waals surface area contributed by atoms with Crippen molar-refractivity contribution in [1.29, 1.82) is 0 Å². The van der Waals surface area contributed by atoms with E-state index in [-0.39, 0.29) is 12.4 Å². The average molecular weight is 273 g/mol. The third-order valence-electron chi connectivity index (χ3n) is 2.96. The normalized spacial score (nSPS) is 10.8. The molecule has 0 aliphatic heterocycles. The molecule has 0 heterocycles. The quantitative estimate of drug-likeness (QED) is 0.861. The fraction of sp³-hybridized carbons (Fsp3) is 0.294. The Labute approximate surface area is 119 Å². The van der Waals surface area contributed by atoms with E-state index in [1.54, 1.807) is 6.07 Å². The molecule has 0 spiro atoms. The maximum atomic E-state index is 13.8. The second-order valence-corrected chi connectivity index (χ2v) is 5.06. The van der Waals surface area contributed by atoms with Crippen LogP contribution in [0.15, 0.2) is 48.5 Å². The molecular formula is C17H20FNO. The van der Waals surface area contributed by atoms with Crippen molar-refractivity contribution >= 4 is 0 Å². The summed E-state index contributed by atoms with van der Waals surface area (Å²) in [5, 5.41) is 3.32. The molecule has 2 rings (SSSR count). The standard InChI is InChI=1S/C17H20FNO/c1-13(2)19-11-14-8-9-17(18)15(10-14)12-20-16-6-4-3-5-7-16/h3-10,13,19H,11-12H2,1-2H3. The van der Waals surface area contributed by atoms with Crippen LogP contribution in [0.25, 0.3) is 0 Å². The van der Waals surface area contributed by atoms with Crippen molar-refractivity contribution in [3.05, 3.63) is 65.5 Å². The minimum Gasteiger partial charge on any atom is -0.489 e. The topological polar surface area (TPSA) is 21.3 Å². The summed E-state index contributed by atoms with van der Waals surface area (Å²) in [7, 11) is 0. The van der Waals surface area contributed by atoms with Gasteiger partial charge in [-0.15, -0.1) is 0 Å². The summed E-state index contributed by atoms with van der Waals surface area (Å²) in [6.07, 6.45) is 0. The maximum absolute atomic E-state index is 13.8. The second kappa shape index (κ2) is 7.06. The zero-order valence-corrected chi connectivity index (χ0v) is 11.9. The molecule has 0 aliphatic rings. The summed E-state index contributed by atoms with van der Waals surface area (Å²) in [4.78, 5) is 0. The van der Waals surface area contributed by atoms with Crippen molar-refractivity contribution in [1.82, 2.24) is 5.32 Å². The fourth-order valence-corrected chi connectivity index (χ4v) is 1.85. The highest BCUT2D eigenvalue weighted by Gasteiger charge is 2.05. The van der Waals surface area contributed by atoms with Crippen molar-refractivity contribution in [3.8, 4) is 5.75 Å². The first-order valence-corrected chi connectivity index (χ1v) is 6.83. The summed E-state index contributed by atoms with van der Waals surface area (Å²) in [6.45, 7) is 5.15. The van der Waals surface area contributed by atoms with Crippen LogP contribution in [-0.2, 0) is 13.2 Å². The van der Waals surface area contributed by atoms with E-state index < -0.39 is 0 Å². The summed E-state index contributed by atoms with van der Waals surface area (Å²) >= 11 is 0. The third-order valence-corrected chi connectivity index (χ3v) is 2.96. The Morgan fingerprint density at radius 1 is 1.10 bits per heavy atom. The van der Waals surface area contributed by atoms with Crippen LogP contribution in [-0.4, -0.2) is 6.04 Å². The van der Waals surface area contributed by atoms with Crippen molar-refractivity contribution in [2.24, 2.45) is 0 Å². The highest BCUT2D eigenvalue weighted by molar-refractivity contribution is 5.26. The second-order valence-electron chi connectivity index (χ2n) is 5.06. The molecule has 0 aliphatic carbocycles. The molecule has 0 aromatic heterocycles. The average Bonchev–Trinajstić information content (AvgIpc) is 2.46. The van der Waals surface area contributed by atoms with Crippen molar-refractivity contribution in [2.75, 3.05) is 0 Å². The molecule has 0 saturated carbocycles. The Balaban J connectivity index is 2.01. The Kier molecular flexibility index (Phi) is 5.13. The van der Waals surface area contributed by atoms with Gasteiger partial charge in [0.1, 0.15) is 18.2 Å². The molecule has 0 radical (unpaired) electrons. The molecule has 0 amide bonds. The minimum atomic E-state index is -0.228. The van der Waals surface area contributed by atoms with Gasteiger partial charge in [-0.1, -0.05) is 38.1 Å². The number of hydrogen-bond acceptors (Lipinski definition) is 2. The number of ether oxygens (including phenoxy) is 1. The molecule has 20 heavy (non-hydrogen) atoms. The van der Waals surface area contributed by atoms with Gasteiger partial charge < -0.3 is 10.1 Å². The van der Waals surface area contributed by atoms with Gasteiger partial charge >= 0.3 is 0 Å². The van der Waals surface area contributed by atoms with Gasteiger partial charge in [-0.25, -0.2) is 4.39 Å². The zero-order chi connectivity index (χ0) is 14.4. The lowest BCUT2D eigenvalue weighted by molar-refractivity contribution is 0.299. The van der Waals surface area contributed by atoms with E-state index in [0.29, 0.717) is 11.6 Å². The van der Waals surface area contributed by atoms with Gasteiger partial charge in [0.15, 0.2) is 0 Å². The van der Waals surface area contributed by atoms with Gasteiger partial charge in [0.25, 0.3) is 0 Å². The predicted molar refractivity (Wildman–Crippen MR) is 79.1 cm³/mol. The molecule has 0 bridgehead atoms. The first-order valence-electron chi connectivity index (χ1n) is 6.83.